The van der Waals surface area contributed by atoms with Crippen molar-refractivity contribution in [3.63, 3.8) is 0 Å². The quantitative estimate of drug-likeness (QED) is 0.679. The van der Waals surface area contributed by atoms with Gasteiger partial charge in [-0.05, 0) is 35.9 Å². The van der Waals surface area contributed by atoms with Crippen molar-refractivity contribution in [3.05, 3.63) is 59.7 Å². The van der Waals surface area contributed by atoms with E-state index < -0.39 is 30.0 Å². The molecule has 0 radical (unpaired) electrons. The van der Waals surface area contributed by atoms with Crippen molar-refractivity contribution in [2.24, 2.45) is 0 Å². The highest BCUT2D eigenvalue weighted by Gasteiger charge is 2.49. The Morgan fingerprint density at radius 2 is 1.82 bits per heavy atom. The molecule has 7 nitrogen and oxygen atoms in total. The van der Waals surface area contributed by atoms with Crippen LogP contribution in [0.5, 0.6) is 0 Å². The third kappa shape index (κ3) is 5.58. The molecule has 0 bridgehead atoms. The molecular formula is C23H26F3N3O4. The molecule has 178 valence electrons. The van der Waals surface area contributed by atoms with Gasteiger partial charge in [0.25, 0.3) is 0 Å². The highest BCUT2D eigenvalue weighted by molar-refractivity contribution is 5.84. The summed E-state index contributed by atoms with van der Waals surface area (Å²) in [6.45, 7) is 1.19. The molecule has 2 heterocycles. The average molecular weight is 465 g/mol. The van der Waals surface area contributed by atoms with Gasteiger partial charge >= 0.3 is 12.3 Å². The number of fused-ring (bicyclic) bond motifs is 1. The summed E-state index contributed by atoms with van der Waals surface area (Å²) in [6.07, 6.45) is -6.72. The topological polar surface area (TPSA) is 72.1 Å². The molecule has 2 aromatic carbocycles. The van der Waals surface area contributed by atoms with Crippen LogP contribution in [0.4, 0.5) is 29.3 Å². The summed E-state index contributed by atoms with van der Waals surface area (Å²) in [5.41, 5.74) is 1.38. The summed E-state index contributed by atoms with van der Waals surface area (Å²) in [5.74, 6) is 0. The van der Waals surface area contributed by atoms with Crippen LogP contribution in [0.15, 0.2) is 48.5 Å². The van der Waals surface area contributed by atoms with E-state index in [-0.39, 0.29) is 24.4 Å². The first-order valence-corrected chi connectivity index (χ1v) is 10.6. The number of ether oxygens (including phenoxy) is 3. The number of benzene rings is 2. The van der Waals surface area contributed by atoms with Crippen molar-refractivity contribution in [2.45, 2.75) is 37.1 Å². The van der Waals surface area contributed by atoms with E-state index in [2.05, 4.69) is 22.8 Å². The number of rotatable bonds is 6. The highest BCUT2D eigenvalue weighted by Crippen LogP contribution is 2.32. The molecule has 0 saturated carbocycles. The molecule has 2 fully saturated rings. The molecule has 2 aliphatic rings. The van der Waals surface area contributed by atoms with Crippen LogP contribution >= 0.6 is 0 Å². The van der Waals surface area contributed by atoms with E-state index in [9.17, 15) is 18.0 Å². The normalized spacial score (nSPS) is 24.4. The fourth-order valence-corrected chi connectivity index (χ4v) is 3.96. The fourth-order valence-electron chi connectivity index (χ4n) is 3.96. The van der Waals surface area contributed by atoms with Gasteiger partial charge in [-0.3, -0.25) is 5.32 Å². The van der Waals surface area contributed by atoms with Gasteiger partial charge in [0, 0.05) is 32.0 Å². The fraction of sp³-hybridized carbons (Fsp3) is 0.435. The number of carbonyl (C=O) groups is 1. The Hall–Kier alpha value is -2.82. The van der Waals surface area contributed by atoms with Crippen LogP contribution in [-0.4, -0.2) is 57.8 Å². The van der Waals surface area contributed by atoms with Gasteiger partial charge in [0.1, 0.15) is 12.2 Å². The molecule has 4 rings (SSSR count). The maximum absolute atomic E-state index is 12.9. The van der Waals surface area contributed by atoms with Crippen molar-refractivity contribution in [1.82, 2.24) is 5.32 Å². The lowest BCUT2D eigenvalue weighted by Gasteiger charge is -2.18. The summed E-state index contributed by atoms with van der Waals surface area (Å²) < 4.78 is 55.6. The molecule has 10 heteroatoms. The van der Waals surface area contributed by atoms with Gasteiger partial charge in [0.2, 0.25) is 0 Å². The Kier molecular flexibility index (Phi) is 6.78. The monoisotopic (exact) mass is 465 g/mol. The summed E-state index contributed by atoms with van der Waals surface area (Å²) in [5, 5.41) is 5.77. The minimum absolute atomic E-state index is 0.00235. The van der Waals surface area contributed by atoms with E-state index in [1.807, 2.05) is 31.1 Å². The molecule has 33 heavy (non-hydrogen) atoms. The van der Waals surface area contributed by atoms with E-state index in [1.54, 1.807) is 0 Å². The Morgan fingerprint density at radius 1 is 1.09 bits per heavy atom. The van der Waals surface area contributed by atoms with Crippen LogP contribution in [0.2, 0.25) is 0 Å². The number of anilines is 2. The van der Waals surface area contributed by atoms with Crippen molar-refractivity contribution >= 4 is 17.5 Å². The van der Waals surface area contributed by atoms with Gasteiger partial charge in [-0.15, -0.1) is 0 Å². The zero-order valence-corrected chi connectivity index (χ0v) is 18.3. The third-order valence-electron chi connectivity index (χ3n) is 5.72. The van der Waals surface area contributed by atoms with Crippen LogP contribution in [0.3, 0.4) is 0 Å². The molecule has 2 saturated heterocycles. The van der Waals surface area contributed by atoms with Crippen LogP contribution in [0, 0.1) is 0 Å². The third-order valence-corrected chi connectivity index (χ3v) is 5.72. The van der Waals surface area contributed by atoms with E-state index in [0.717, 1.165) is 23.4 Å². The minimum Gasteiger partial charge on any atom is -0.441 e. The first-order chi connectivity index (χ1) is 15.7. The Labute approximate surface area is 189 Å². The minimum atomic E-state index is -4.50. The Morgan fingerprint density at radius 3 is 2.52 bits per heavy atom. The molecule has 4 atom stereocenters. The van der Waals surface area contributed by atoms with Gasteiger partial charge < -0.3 is 24.4 Å². The number of nitrogens with zero attached hydrogens (tertiary/aromatic N) is 1. The first kappa shape index (κ1) is 23.3. The zero-order valence-electron chi connectivity index (χ0n) is 18.3. The van der Waals surface area contributed by atoms with Gasteiger partial charge in [-0.2, -0.15) is 13.2 Å². The van der Waals surface area contributed by atoms with Gasteiger partial charge in [0.05, 0.1) is 24.8 Å². The lowest BCUT2D eigenvalue weighted by atomic mass is 10.1. The summed E-state index contributed by atoms with van der Waals surface area (Å²) >= 11 is 0. The number of halogens is 3. The predicted molar refractivity (Wildman–Crippen MR) is 116 cm³/mol. The number of carbonyl (C=O) groups excluding carboxylic acids is 1. The maximum atomic E-state index is 12.9. The van der Waals surface area contributed by atoms with E-state index in [1.165, 1.54) is 12.1 Å². The smallest absolute Gasteiger partial charge is 0.416 e. The van der Waals surface area contributed by atoms with E-state index >= 15 is 0 Å². The SMILES string of the molecule is CN(C)c1ccc(CNC2COC3C(OC(=O)Nc4cccc(C(F)(F)F)c4)COC23)cc1. The summed E-state index contributed by atoms with van der Waals surface area (Å²) in [6, 6.07) is 12.5. The lowest BCUT2D eigenvalue weighted by Crippen LogP contribution is -2.41. The van der Waals surface area contributed by atoms with Crippen molar-refractivity contribution in [3.8, 4) is 0 Å². The summed E-state index contributed by atoms with van der Waals surface area (Å²) in [7, 11) is 3.97. The first-order valence-electron chi connectivity index (χ1n) is 10.6. The number of nitrogens with one attached hydrogen (secondary N) is 2. The average Bonchev–Trinajstić information content (AvgIpc) is 3.35. The second-order valence-electron chi connectivity index (χ2n) is 8.29. The van der Waals surface area contributed by atoms with E-state index in [4.69, 9.17) is 14.2 Å². The zero-order chi connectivity index (χ0) is 23.6. The highest BCUT2D eigenvalue weighted by atomic mass is 19.4. The summed E-state index contributed by atoms with van der Waals surface area (Å²) in [4.78, 5) is 14.3. The molecular weight excluding hydrogens is 439 g/mol. The maximum Gasteiger partial charge on any atom is 0.416 e. The second kappa shape index (κ2) is 9.58. The number of hydrogen-bond acceptors (Lipinski definition) is 6. The van der Waals surface area contributed by atoms with Crippen LogP contribution < -0.4 is 15.5 Å². The molecule has 2 aromatic rings. The standard InChI is InChI=1S/C23H26F3N3O4/c1-29(2)17-8-6-14(7-9-17)11-27-18-12-31-21-19(13-32-20(18)21)33-22(30)28-16-5-3-4-15(10-16)23(24,25)26/h3-10,18-21,27H,11-13H2,1-2H3,(H,28,30). The van der Waals surface area contributed by atoms with Gasteiger partial charge in [-0.25, -0.2) is 4.79 Å². The second-order valence-corrected chi connectivity index (χ2v) is 8.29. The van der Waals surface area contributed by atoms with Crippen LogP contribution in [-0.2, 0) is 26.9 Å². The molecule has 4 unspecified atom stereocenters. The number of amides is 1. The predicted octanol–water partition coefficient (Wildman–Crippen LogP) is 3.64. The van der Waals surface area contributed by atoms with Crippen molar-refractivity contribution in [1.29, 1.82) is 0 Å². The molecule has 2 aliphatic heterocycles. The molecule has 1 amide bonds. The Balaban J connectivity index is 1.28. The number of alkyl halides is 3. The van der Waals surface area contributed by atoms with Crippen molar-refractivity contribution in [2.75, 3.05) is 37.5 Å². The lowest BCUT2D eigenvalue weighted by molar-refractivity contribution is -0.137. The van der Waals surface area contributed by atoms with Crippen LogP contribution in [0.1, 0.15) is 11.1 Å². The number of hydrogen-bond donors (Lipinski definition) is 2. The largest absolute Gasteiger partial charge is 0.441 e. The molecule has 0 spiro atoms. The Bertz CT molecular complexity index is 968. The molecule has 0 aromatic heterocycles. The van der Waals surface area contributed by atoms with Gasteiger partial charge in [0.15, 0.2) is 6.10 Å². The van der Waals surface area contributed by atoms with E-state index in [0.29, 0.717) is 13.2 Å². The van der Waals surface area contributed by atoms with Gasteiger partial charge in [-0.1, -0.05) is 18.2 Å². The van der Waals surface area contributed by atoms with Crippen molar-refractivity contribution < 1.29 is 32.2 Å². The molecule has 0 aliphatic carbocycles. The molecule has 2 N–H and O–H groups in total. The van der Waals surface area contributed by atoms with Crippen LogP contribution in [0.25, 0.3) is 0 Å².